The topological polar surface area (TPSA) is 93.1 Å². The molecule has 9 atom stereocenters. The van der Waals surface area contributed by atoms with Crippen LogP contribution >= 0.6 is 15.9 Å². The summed E-state index contributed by atoms with van der Waals surface area (Å²) in [6.45, 7) is 7.68. The maximum Gasteiger partial charge on any atom is 0.302 e. The second-order valence-corrected chi connectivity index (χ2v) is 12.0. The van der Waals surface area contributed by atoms with Crippen LogP contribution in [0.4, 0.5) is 0 Å². The predicted octanol–water partition coefficient (Wildman–Crippen LogP) is 3.38. The molecule has 0 amide bonds. The van der Waals surface area contributed by atoms with Crippen molar-refractivity contribution in [2.45, 2.75) is 76.8 Å². The van der Waals surface area contributed by atoms with Gasteiger partial charge in [-0.2, -0.15) is 0 Å². The Balaban J connectivity index is 1.64. The van der Waals surface area contributed by atoms with Crippen molar-refractivity contribution < 1.29 is 29.3 Å². The number of alkyl halides is 1. The van der Waals surface area contributed by atoms with Crippen LogP contribution in [-0.4, -0.2) is 52.4 Å². The monoisotopic (exact) mass is 498 g/mol. The summed E-state index contributed by atoms with van der Waals surface area (Å²) in [5.41, 5.74) is 0.651. The van der Waals surface area contributed by atoms with Crippen LogP contribution in [0.3, 0.4) is 0 Å². The molecule has 0 aromatic rings. The van der Waals surface area contributed by atoms with Crippen molar-refractivity contribution in [3.8, 4) is 0 Å². The Hall–Kier alpha value is -0.920. The molecule has 0 saturated heterocycles. The summed E-state index contributed by atoms with van der Waals surface area (Å²) in [7, 11) is 0. The second kappa shape index (κ2) is 7.84. The Kier molecular flexibility index (Phi) is 5.88. The molecule has 1 unspecified atom stereocenters. The largest absolute Gasteiger partial charge is 0.465 e. The van der Waals surface area contributed by atoms with Gasteiger partial charge in [-0.1, -0.05) is 41.4 Å². The number of carbonyl (C=O) groups excluding carboxylic acids is 2. The summed E-state index contributed by atoms with van der Waals surface area (Å²) in [5.74, 6) is -0.171. The molecule has 6 nitrogen and oxygen atoms in total. The maximum absolute atomic E-state index is 11.8. The number of hydrogen-bond donors (Lipinski definition) is 2. The third-order valence-electron chi connectivity index (χ3n) is 8.99. The van der Waals surface area contributed by atoms with Gasteiger partial charge < -0.3 is 19.7 Å². The summed E-state index contributed by atoms with van der Waals surface area (Å²) in [6.07, 6.45) is 5.53. The lowest BCUT2D eigenvalue weighted by Gasteiger charge is -2.58. The fourth-order valence-corrected chi connectivity index (χ4v) is 7.78. The molecule has 174 valence electrons. The SMILES string of the molecule is CC(=O)OCC(Br)[C@]1(C)CC=C2[C@H](C1)[C@@H](O)C[C@H]1[C@]3(CO)C[C@@H]3[C@@H](OC(C)=O)C[C@]21C. The standard InChI is InChI=1S/C24H35BrO6/c1-13(27)30-11-21(25)22(3)6-5-16-15(8-22)18(29)7-20-23(16,4)10-19(31-14(2)28)17-9-24(17,20)12-26/h5,15,17-21,26,29H,6-12H2,1-4H3/t15-,17+,18-,19-,20+,21?,22+,23+,24-/m0/s1. The van der Waals surface area contributed by atoms with Crippen molar-refractivity contribution in [2.75, 3.05) is 13.2 Å². The van der Waals surface area contributed by atoms with Crippen LogP contribution in [0.1, 0.15) is 59.8 Å². The Labute approximate surface area is 192 Å². The zero-order valence-corrected chi connectivity index (χ0v) is 20.5. The molecule has 31 heavy (non-hydrogen) atoms. The minimum Gasteiger partial charge on any atom is -0.465 e. The highest BCUT2D eigenvalue weighted by Crippen LogP contribution is 2.74. The first-order valence-electron chi connectivity index (χ1n) is 11.4. The molecule has 3 saturated carbocycles. The van der Waals surface area contributed by atoms with Crippen molar-refractivity contribution in [3.63, 3.8) is 0 Å². The first-order chi connectivity index (χ1) is 14.5. The molecule has 0 radical (unpaired) electrons. The Morgan fingerprint density at radius 1 is 1.23 bits per heavy atom. The van der Waals surface area contributed by atoms with Gasteiger partial charge in [0.1, 0.15) is 12.7 Å². The van der Waals surface area contributed by atoms with Gasteiger partial charge in [-0.25, -0.2) is 0 Å². The molecular formula is C24H35BrO6. The minimum absolute atomic E-state index is 0.00354. The van der Waals surface area contributed by atoms with Crippen molar-refractivity contribution in [1.82, 2.24) is 0 Å². The number of carbonyl (C=O) groups is 2. The molecule has 0 aliphatic heterocycles. The zero-order valence-electron chi connectivity index (χ0n) is 18.9. The van der Waals surface area contributed by atoms with E-state index in [9.17, 15) is 19.8 Å². The van der Waals surface area contributed by atoms with Gasteiger partial charge >= 0.3 is 11.9 Å². The quantitative estimate of drug-likeness (QED) is 0.342. The van der Waals surface area contributed by atoms with Crippen LogP contribution in [0.15, 0.2) is 11.6 Å². The highest BCUT2D eigenvalue weighted by atomic mass is 79.9. The number of fused-ring (bicyclic) bond motifs is 5. The fourth-order valence-electron chi connectivity index (χ4n) is 7.28. The van der Waals surface area contributed by atoms with Gasteiger partial charge in [0.05, 0.1) is 10.9 Å². The van der Waals surface area contributed by atoms with Gasteiger partial charge in [-0.05, 0) is 48.9 Å². The van der Waals surface area contributed by atoms with E-state index in [4.69, 9.17) is 9.47 Å². The van der Waals surface area contributed by atoms with Crippen molar-refractivity contribution in [1.29, 1.82) is 0 Å². The number of halogens is 1. The highest BCUT2D eigenvalue weighted by molar-refractivity contribution is 9.09. The van der Waals surface area contributed by atoms with Gasteiger partial charge in [0.15, 0.2) is 0 Å². The molecule has 0 aromatic heterocycles. The molecule has 2 N–H and O–H groups in total. The van der Waals surface area contributed by atoms with E-state index in [0.717, 1.165) is 25.7 Å². The summed E-state index contributed by atoms with van der Waals surface area (Å²) in [4.78, 5) is 23.0. The van der Waals surface area contributed by atoms with Crippen molar-refractivity contribution in [3.05, 3.63) is 11.6 Å². The molecule has 0 spiro atoms. The molecule has 0 bridgehead atoms. The molecule has 0 heterocycles. The Morgan fingerprint density at radius 2 is 1.94 bits per heavy atom. The van der Waals surface area contributed by atoms with Gasteiger partial charge in [-0.15, -0.1) is 0 Å². The number of ether oxygens (including phenoxy) is 2. The average Bonchev–Trinajstić information content (AvgIpc) is 3.44. The molecule has 4 rings (SSSR count). The van der Waals surface area contributed by atoms with E-state index >= 15 is 0 Å². The summed E-state index contributed by atoms with van der Waals surface area (Å²) in [6, 6.07) is 0. The maximum atomic E-state index is 11.8. The predicted molar refractivity (Wildman–Crippen MR) is 118 cm³/mol. The number of allylic oxidation sites excluding steroid dienone is 1. The van der Waals surface area contributed by atoms with E-state index in [2.05, 4.69) is 35.9 Å². The lowest BCUT2D eigenvalue weighted by molar-refractivity contribution is -0.158. The normalized spacial score (nSPS) is 46.5. The van der Waals surface area contributed by atoms with Crippen molar-refractivity contribution in [2.24, 2.45) is 34.0 Å². The van der Waals surface area contributed by atoms with Crippen LogP contribution in [0.2, 0.25) is 0 Å². The minimum atomic E-state index is -0.465. The van der Waals surface area contributed by atoms with E-state index in [1.165, 1.54) is 19.4 Å². The van der Waals surface area contributed by atoms with E-state index in [-0.39, 0.29) is 63.5 Å². The smallest absolute Gasteiger partial charge is 0.302 e. The van der Waals surface area contributed by atoms with Crippen LogP contribution in [0.25, 0.3) is 0 Å². The molecule has 4 aliphatic rings. The lowest BCUT2D eigenvalue weighted by atomic mass is 9.48. The van der Waals surface area contributed by atoms with Crippen LogP contribution in [0.5, 0.6) is 0 Å². The summed E-state index contributed by atoms with van der Waals surface area (Å²) >= 11 is 3.74. The molecule has 4 aliphatic carbocycles. The number of rotatable bonds is 5. The van der Waals surface area contributed by atoms with E-state index < -0.39 is 6.10 Å². The zero-order chi connectivity index (χ0) is 22.8. The van der Waals surface area contributed by atoms with Crippen molar-refractivity contribution >= 4 is 27.9 Å². The van der Waals surface area contributed by atoms with Crippen LogP contribution < -0.4 is 0 Å². The third kappa shape index (κ3) is 3.68. The number of aliphatic hydroxyl groups is 2. The average molecular weight is 499 g/mol. The third-order valence-corrected chi connectivity index (χ3v) is 10.4. The van der Waals surface area contributed by atoms with Gasteiger partial charge in [0.2, 0.25) is 0 Å². The Bertz CT molecular complexity index is 797. The summed E-state index contributed by atoms with van der Waals surface area (Å²) in [5, 5.41) is 21.6. The molecule has 7 heteroatoms. The Morgan fingerprint density at radius 3 is 2.55 bits per heavy atom. The second-order valence-electron chi connectivity index (χ2n) is 10.9. The van der Waals surface area contributed by atoms with E-state index in [1.54, 1.807) is 0 Å². The number of aliphatic hydroxyl groups excluding tert-OH is 2. The van der Waals surface area contributed by atoms with Gasteiger partial charge in [0.25, 0.3) is 0 Å². The van der Waals surface area contributed by atoms with E-state index in [0.29, 0.717) is 13.0 Å². The summed E-state index contributed by atoms with van der Waals surface area (Å²) < 4.78 is 11.0. The van der Waals surface area contributed by atoms with Crippen LogP contribution in [0, 0.1) is 34.0 Å². The first-order valence-corrected chi connectivity index (χ1v) is 12.3. The number of hydrogen-bond acceptors (Lipinski definition) is 6. The highest BCUT2D eigenvalue weighted by Gasteiger charge is 2.72. The first kappa shape index (κ1) is 23.2. The molecule has 0 aromatic carbocycles. The lowest BCUT2D eigenvalue weighted by Crippen LogP contribution is -2.56. The van der Waals surface area contributed by atoms with Gasteiger partial charge in [0, 0.05) is 37.7 Å². The van der Waals surface area contributed by atoms with Crippen LogP contribution in [-0.2, 0) is 19.1 Å². The van der Waals surface area contributed by atoms with Gasteiger partial charge in [-0.3, -0.25) is 9.59 Å². The number of esters is 2. The molecular weight excluding hydrogens is 464 g/mol. The van der Waals surface area contributed by atoms with E-state index in [1.807, 2.05) is 0 Å². The fraction of sp³-hybridized carbons (Fsp3) is 0.833. The molecule has 3 fully saturated rings.